The summed E-state index contributed by atoms with van der Waals surface area (Å²) < 4.78 is 1.95. The summed E-state index contributed by atoms with van der Waals surface area (Å²) in [4.78, 5) is 24.1. The number of nitrogens with zero attached hydrogens (tertiary/aromatic N) is 6. The van der Waals surface area contributed by atoms with Crippen molar-refractivity contribution in [2.24, 2.45) is 4.99 Å². The van der Waals surface area contributed by atoms with Crippen molar-refractivity contribution < 1.29 is 4.79 Å². The number of amides is 1. The molecular weight excluding hydrogens is 448 g/mol. The van der Waals surface area contributed by atoms with Gasteiger partial charge >= 0.3 is 0 Å². The molecule has 7 heteroatoms. The van der Waals surface area contributed by atoms with Gasteiger partial charge in [0.2, 0.25) is 5.96 Å². The predicted molar refractivity (Wildman–Crippen MR) is 144 cm³/mol. The summed E-state index contributed by atoms with van der Waals surface area (Å²) in [7, 11) is 3.78. The molecule has 0 unspecified atom stereocenters. The highest BCUT2D eigenvalue weighted by molar-refractivity contribution is 6.20. The first-order valence-electron chi connectivity index (χ1n) is 12.2. The second-order valence-corrected chi connectivity index (χ2v) is 9.39. The molecule has 0 saturated heterocycles. The fourth-order valence-corrected chi connectivity index (χ4v) is 5.01. The average Bonchev–Trinajstić information content (AvgIpc) is 3.49. The van der Waals surface area contributed by atoms with E-state index in [4.69, 9.17) is 10.1 Å². The van der Waals surface area contributed by atoms with Crippen molar-refractivity contribution in [3.8, 4) is 11.1 Å². The smallest absolute Gasteiger partial charge is 0.267 e. The van der Waals surface area contributed by atoms with E-state index in [1.807, 2.05) is 60.3 Å². The van der Waals surface area contributed by atoms with Gasteiger partial charge in [-0.25, -0.2) is 9.67 Å². The van der Waals surface area contributed by atoms with Crippen LogP contribution in [0.1, 0.15) is 22.8 Å². The Morgan fingerprint density at radius 3 is 2.25 bits per heavy atom. The van der Waals surface area contributed by atoms with Gasteiger partial charge < -0.3 is 4.90 Å². The zero-order chi connectivity index (χ0) is 24.8. The maximum atomic E-state index is 13.6. The Hall–Kier alpha value is -4.39. The highest BCUT2D eigenvalue weighted by atomic mass is 16.2. The monoisotopic (exact) mass is 476 g/mol. The van der Waals surface area contributed by atoms with Gasteiger partial charge in [-0.1, -0.05) is 72.8 Å². The Labute approximate surface area is 210 Å². The summed E-state index contributed by atoms with van der Waals surface area (Å²) >= 11 is 0. The standard InChI is InChI=1S/C29H28N6O/c1-20-18-34-26-25(28(36)33(3)29(34)30-20)27(32(2)24-12-8-5-9-13-24)35(31-26)19-21-14-16-23(17-15-21)22-10-6-4-7-11-22/h4-17,20H,18-19H2,1-3H3/t20-/m1/s1. The first-order valence-corrected chi connectivity index (χ1v) is 12.2. The van der Waals surface area contributed by atoms with Crippen molar-refractivity contribution >= 4 is 29.2 Å². The van der Waals surface area contributed by atoms with Crippen LogP contribution in [0.25, 0.3) is 11.1 Å². The lowest BCUT2D eigenvalue weighted by atomic mass is 10.0. The molecule has 6 rings (SSSR count). The molecule has 4 aromatic rings. The van der Waals surface area contributed by atoms with Gasteiger partial charge in [-0.05, 0) is 35.7 Å². The summed E-state index contributed by atoms with van der Waals surface area (Å²) in [5.74, 6) is 2.04. The maximum Gasteiger partial charge on any atom is 0.267 e. The van der Waals surface area contributed by atoms with Crippen molar-refractivity contribution in [3.63, 3.8) is 0 Å². The van der Waals surface area contributed by atoms with Crippen LogP contribution in [0.3, 0.4) is 0 Å². The molecule has 0 bridgehead atoms. The summed E-state index contributed by atoms with van der Waals surface area (Å²) in [6.45, 7) is 3.31. The number of carbonyl (C=O) groups excluding carboxylic acids is 1. The van der Waals surface area contributed by atoms with Crippen LogP contribution in [0.15, 0.2) is 89.9 Å². The van der Waals surface area contributed by atoms with Crippen LogP contribution in [0.2, 0.25) is 0 Å². The Balaban J connectivity index is 1.44. The van der Waals surface area contributed by atoms with E-state index in [9.17, 15) is 4.79 Å². The molecule has 0 fully saturated rings. The molecule has 36 heavy (non-hydrogen) atoms. The zero-order valence-electron chi connectivity index (χ0n) is 20.7. The molecule has 1 amide bonds. The first-order chi connectivity index (χ1) is 17.5. The summed E-state index contributed by atoms with van der Waals surface area (Å²) in [6.07, 6.45) is 0. The number of hydrogen-bond acceptors (Lipinski definition) is 5. The number of benzene rings is 3. The van der Waals surface area contributed by atoms with E-state index in [1.165, 1.54) is 11.1 Å². The minimum atomic E-state index is -0.0856. The van der Waals surface area contributed by atoms with Crippen LogP contribution in [0.5, 0.6) is 0 Å². The second-order valence-electron chi connectivity index (χ2n) is 9.39. The van der Waals surface area contributed by atoms with Crippen molar-refractivity contribution in [2.45, 2.75) is 19.5 Å². The lowest BCUT2D eigenvalue weighted by molar-refractivity contribution is 0.0866. The highest BCUT2D eigenvalue weighted by Gasteiger charge is 2.42. The van der Waals surface area contributed by atoms with E-state index in [0.717, 1.165) is 17.1 Å². The van der Waals surface area contributed by atoms with Crippen LogP contribution in [0, 0.1) is 0 Å². The fourth-order valence-electron chi connectivity index (χ4n) is 5.01. The molecule has 3 heterocycles. The summed E-state index contributed by atoms with van der Waals surface area (Å²) in [5.41, 5.74) is 5.07. The highest BCUT2D eigenvalue weighted by Crippen LogP contribution is 2.39. The Morgan fingerprint density at radius 1 is 0.917 bits per heavy atom. The lowest BCUT2D eigenvalue weighted by Crippen LogP contribution is -2.48. The van der Waals surface area contributed by atoms with Gasteiger partial charge in [0.25, 0.3) is 5.91 Å². The topological polar surface area (TPSA) is 57.0 Å². The molecule has 0 saturated carbocycles. The molecule has 1 aromatic heterocycles. The number of fused-ring (bicyclic) bond motifs is 3. The Kier molecular flexibility index (Phi) is 5.33. The number of rotatable bonds is 5. The van der Waals surface area contributed by atoms with Crippen molar-refractivity contribution in [2.75, 3.05) is 30.4 Å². The molecule has 2 aliphatic heterocycles. The molecule has 180 valence electrons. The van der Waals surface area contributed by atoms with Gasteiger partial charge in [0.05, 0.1) is 12.6 Å². The van der Waals surface area contributed by atoms with E-state index in [0.29, 0.717) is 30.4 Å². The third kappa shape index (κ3) is 3.64. The summed E-state index contributed by atoms with van der Waals surface area (Å²) in [5, 5.41) is 5.01. The van der Waals surface area contributed by atoms with E-state index in [2.05, 4.69) is 53.1 Å². The summed E-state index contributed by atoms with van der Waals surface area (Å²) in [6, 6.07) is 29.1. The number of anilines is 3. The normalized spacial score (nSPS) is 16.6. The first kappa shape index (κ1) is 22.1. The minimum absolute atomic E-state index is 0.0856. The Morgan fingerprint density at radius 2 is 1.56 bits per heavy atom. The number of guanidine groups is 1. The molecular formula is C29H28N6O. The third-order valence-corrected chi connectivity index (χ3v) is 6.86. The van der Waals surface area contributed by atoms with Crippen LogP contribution in [-0.4, -0.2) is 53.2 Å². The molecule has 1 atom stereocenters. The third-order valence-electron chi connectivity index (χ3n) is 6.86. The molecule has 0 radical (unpaired) electrons. The quantitative estimate of drug-likeness (QED) is 0.406. The molecule has 7 nitrogen and oxygen atoms in total. The van der Waals surface area contributed by atoms with Gasteiger partial charge in [0.1, 0.15) is 11.4 Å². The largest absolute Gasteiger partial charge is 0.329 e. The van der Waals surface area contributed by atoms with Crippen LogP contribution >= 0.6 is 0 Å². The number of para-hydroxylation sites is 1. The zero-order valence-corrected chi connectivity index (χ0v) is 20.7. The number of aliphatic imine (C=N–C) groups is 1. The molecule has 2 aliphatic rings. The molecule has 0 N–H and O–H groups in total. The van der Waals surface area contributed by atoms with Gasteiger partial charge in [-0.2, -0.15) is 5.10 Å². The SMILES string of the molecule is C[C@@H]1CN2C(=N1)N(C)C(=O)c1c2nn(Cc2ccc(-c3ccccc3)cc2)c1N(C)c1ccccc1. The van der Waals surface area contributed by atoms with Crippen molar-refractivity contribution in [3.05, 3.63) is 96.1 Å². The van der Waals surface area contributed by atoms with E-state index >= 15 is 0 Å². The number of carbonyl (C=O) groups is 1. The van der Waals surface area contributed by atoms with Gasteiger partial charge in [0.15, 0.2) is 5.82 Å². The fraction of sp³-hybridized carbons (Fsp3) is 0.207. The Bertz CT molecular complexity index is 1440. The van der Waals surface area contributed by atoms with E-state index in [1.54, 1.807) is 11.9 Å². The maximum absolute atomic E-state index is 13.6. The van der Waals surface area contributed by atoms with Gasteiger partial charge in [-0.15, -0.1) is 0 Å². The molecule has 3 aromatic carbocycles. The van der Waals surface area contributed by atoms with Crippen LogP contribution < -0.4 is 9.80 Å². The van der Waals surface area contributed by atoms with Crippen LogP contribution in [-0.2, 0) is 6.54 Å². The molecule has 0 spiro atoms. The lowest BCUT2D eigenvalue weighted by Gasteiger charge is -2.31. The van der Waals surface area contributed by atoms with Gasteiger partial charge in [-0.3, -0.25) is 14.6 Å². The number of aromatic nitrogens is 2. The minimum Gasteiger partial charge on any atom is -0.329 e. The van der Waals surface area contributed by atoms with E-state index < -0.39 is 0 Å². The van der Waals surface area contributed by atoms with Crippen molar-refractivity contribution in [1.82, 2.24) is 14.7 Å². The van der Waals surface area contributed by atoms with Gasteiger partial charge in [0, 0.05) is 26.3 Å². The second kappa shape index (κ2) is 8.68. The average molecular weight is 477 g/mol. The van der Waals surface area contributed by atoms with Crippen LogP contribution in [0.4, 0.5) is 17.3 Å². The molecule has 0 aliphatic carbocycles. The van der Waals surface area contributed by atoms with Crippen molar-refractivity contribution in [1.29, 1.82) is 0 Å². The predicted octanol–water partition coefficient (Wildman–Crippen LogP) is 5.02. The van der Waals surface area contributed by atoms with E-state index in [-0.39, 0.29) is 11.9 Å². The number of hydrogen-bond donors (Lipinski definition) is 0.